The van der Waals surface area contributed by atoms with Crippen LogP contribution < -0.4 is 5.32 Å². The van der Waals surface area contributed by atoms with E-state index in [-0.39, 0.29) is 42.3 Å². The van der Waals surface area contributed by atoms with E-state index in [2.05, 4.69) is 17.4 Å². The van der Waals surface area contributed by atoms with E-state index in [9.17, 15) is 14.7 Å². The number of allylic oxidation sites excluding steroid dienone is 1. The Labute approximate surface area is 155 Å². The minimum Gasteiger partial charge on any atom is -0.394 e. The van der Waals surface area contributed by atoms with Gasteiger partial charge in [-0.15, -0.1) is 0 Å². The first kappa shape index (κ1) is 18.6. The number of hydrogen-bond acceptors (Lipinski definition) is 3. The van der Waals surface area contributed by atoms with E-state index in [0.29, 0.717) is 13.0 Å². The fraction of sp³-hybridized carbons (Fsp3) is 0.524. The Hall–Kier alpha value is -2.14. The molecule has 0 unspecified atom stereocenters. The Morgan fingerprint density at radius 2 is 1.92 bits per heavy atom. The van der Waals surface area contributed by atoms with Crippen LogP contribution in [0.15, 0.2) is 30.3 Å². The summed E-state index contributed by atoms with van der Waals surface area (Å²) in [6, 6.07) is 7.90. The van der Waals surface area contributed by atoms with Crippen molar-refractivity contribution in [3.63, 3.8) is 0 Å². The molecule has 0 spiro atoms. The minimum absolute atomic E-state index is 0.0245. The maximum atomic E-state index is 12.4. The molecule has 2 amide bonds. The number of carbonyl (C=O) groups is 2. The molecule has 1 aromatic rings. The summed E-state index contributed by atoms with van der Waals surface area (Å²) in [6.07, 6.45) is 6.35. The van der Waals surface area contributed by atoms with Crippen LogP contribution in [0.25, 0.3) is 6.08 Å². The average Bonchev–Trinajstić information content (AvgIpc) is 3.47. The summed E-state index contributed by atoms with van der Waals surface area (Å²) in [5.41, 5.74) is 2.22. The van der Waals surface area contributed by atoms with Crippen molar-refractivity contribution in [2.45, 2.75) is 51.1 Å². The lowest BCUT2D eigenvalue weighted by atomic mass is 9.74. The van der Waals surface area contributed by atoms with E-state index in [0.717, 1.165) is 24.0 Å². The van der Waals surface area contributed by atoms with Gasteiger partial charge in [0.2, 0.25) is 11.8 Å². The summed E-state index contributed by atoms with van der Waals surface area (Å²) in [7, 11) is 0. The largest absolute Gasteiger partial charge is 0.394 e. The van der Waals surface area contributed by atoms with Crippen molar-refractivity contribution in [3.8, 4) is 0 Å². The second-order valence-electron chi connectivity index (χ2n) is 7.18. The molecule has 5 nitrogen and oxygen atoms in total. The Bertz CT molecular complexity index is 679. The van der Waals surface area contributed by atoms with Gasteiger partial charge in [0, 0.05) is 24.8 Å². The number of hydrogen-bond donors (Lipinski definition) is 2. The van der Waals surface area contributed by atoms with Crippen LogP contribution >= 0.6 is 0 Å². The normalized spacial score (nSPS) is 25.2. The van der Waals surface area contributed by atoms with Gasteiger partial charge in [0.05, 0.1) is 18.7 Å². The maximum absolute atomic E-state index is 12.4. The van der Waals surface area contributed by atoms with Gasteiger partial charge in [-0.1, -0.05) is 43.3 Å². The highest BCUT2D eigenvalue weighted by atomic mass is 16.3. The van der Waals surface area contributed by atoms with Gasteiger partial charge in [0.25, 0.3) is 0 Å². The second kappa shape index (κ2) is 8.04. The van der Waals surface area contributed by atoms with Crippen LogP contribution in [0.4, 0.5) is 0 Å². The van der Waals surface area contributed by atoms with Crippen molar-refractivity contribution in [3.05, 3.63) is 41.5 Å². The van der Waals surface area contributed by atoms with Gasteiger partial charge in [-0.25, -0.2) is 0 Å². The Morgan fingerprint density at radius 1 is 1.23 bits per heavy atom. The Morgan fingerprint density at radius 3 is 2.46 bits per heavy atom. The number of aliphatic hydroxyl groups is 1. The Balaban J connectivity index is 1.78. The fourth-order valence-corrected chi connectivity index (χ4v) is 3.89. The third-order valence-corrected chi connectivity index (χ3v) is 5.44. The predicted octanol–water partition coefficient (Wildman–Crippen LogP) is 2.31. The van der Waals surface area contributed by atoms with Crippen molar-refractivity contribution in [2.75, 3.05) is 13.2 Å². The third-order valence-electron chi connectivity index (χ3n) is 5.44. The van der Waals surface area contributed by atoms with Crippen LogP contribution in [0, 0.1) is 5.92 Å². The molecular formula is C21H28N2O3. The second-order valence-corrected chi connectivity index (χ2v) is 7.18. The van der Waals surface area contributed by atoms with E-state index in [4.69, 9.17) is 0 Å². The number of nitrogens with zero attached hydrogens (tertiary/aromatic N) is 1. The topological polar surface area (TPSA) is 69.6 Å². The summed E-state index contributed by atoms with van der Waals surface area (Å²) in [5, 5.41) is 12.9. The number of nitrogens with one attached hydrogen (secondary N) is 1. The summed E-state index contributed by atoms with van der Waals surface area (Å²) < 4.78 is 0. The number of benzene rings is 1. The monoisotopic (exact) mass is 356 g/mol. The standard InChI is InChI=1S/C21H28N2O3/c1-3-5-14-6-8-15(9-7-14)20-17(12-22-21(26)16-10-11-16)23(18(20)13-24)19(25)4-2/h3,5-9,16-18,20,24H,4,10-13H2,1-2H3,(H,22,26)/b5-3+/t17-,18-,20-/m0/s1. The van der Waals surface area contributed by atoms with Gasteiger partial charge < -0.3 is 15.3 Å². The molecule has 1 aliphatic carbocycles. The van der Waals surface area contributed by atoms with Crippen molar-refractivity contribution >= 4 is 17.9 Å². The van der Waals surface area contributed by atoms with Crippen molar-refractivity contribution in [2.24, 2.45) is 5.92 Å². The van der Waals surface area contributed by atoms with Gasteiger partial charge in [-0.2, -0.15) is 0 Å². The molecule has 2 fully saturated rings. The van der Waals surface area contributed by atoms with Crippen LogP contribution in [0.5, 0.6) is 0 Å². The van der Waals surface area contributed by atoms with Crippen LogP contribution in [-0.4, -0.2) is 47.1 Å². The van der Waals surface area contributed by atoms with E-state index < -0.39 is 0 Å². The molecule has 2 N–H and O–H groups in total. The highest BCUT2D eigenvalue weighted by Gasteiger charge is 2.50. The summed E-state index contributed by atoms with van der Waals surface area (Å²) in [6.45, 7) is 4.18. The van der Waals surface area contributed by atoms with Gasteiger partial charge in [-0.05, 0) is 30.9 Å². The molecule has 0 radical (unpaired) electrons. The highest BCUT2D eigenvalue weighted by Crippen LogP contribution is 2.41. The molecule has 5 heteroatoms. The predicted molar refractivity (Wildman–Crippen MR) is 101 cm³/mol. The zero-order chi connectivity index (χ0) is 18.7. The number of aliphatic hydroxyl groups excluding tert-OH is 1. The molecule has 1 saturated heterocycles. The van der Waals surface area contributed by atoms with Crippen LogP contribution in [0.1, 0.15) is 50.2 Å². The first-order valence-electron chi connectivity index (χ1n) is 9.53. The molecule has 26 heavy (non-hydrogen) atoms. The maximum Gasteiger partial charge on any atom is 0.223 e. The van der Waals surface area contributed by atoms with E-state index >= 15 is 0 Å². The zero-order valence-electron chi connectivity index (χ0n) is 15.5. The quantitative estimate of drug-likeness (QED) is 0.788. The molecule has 3 atom stereocenters. The lowest BCUT2D eigenvalue weighted by Gasteiger charge is -2.55. The SMILES string of the molecule is C/C=C/c1ccc([C@@H]2[C@H](CO)N(C(=O)CC)[C@H]2CNC(=O)C2CC2)cc1. The fourth-order valence-electron chi connectivity index (χ4n) is 3.89. The van der Waals surface area contributed by atoms with Gasteiger partial charge in [0.1, 0.15) is 0 Å². The van der Waals surface area contributed by atoms with Gasteiger partial charge in [0.15, 0.2) is 0 Å². The smallest absolute Gasteiger partial charge is 0.223 e. The lowest BCUT2D eigenvalue weighted by Crippen LogP contribution is -2.68. The van der Waals surface area contributed by atoms with Crippen molar-refractivity contribution in [1.82, 2.24) is 10.2 Å². The summed E-state index contributed by atoms with van der Waals surface area (Å²) in [5.74, 6) is 0.298. The Kier molecular flexibility index (Phi) is 5.77. The number of likely N-dealkylation sites (tertiary alicyclic amines) is 1. The van der Waals surface area contributed by atoms with Gasteiger partial charge in [-0.3, -0.25) is 9.59 Å². The summed E-state index contributed by atoms with van der Waals surface area (Å²) in [4.78, 5) is 26.2. The number of carbonyl (C=O) groups excluding carboxylic acids is 2. The van der Waals surface area contributed by atoms with Crippen LogP contribution in [-0.2, 0) is 9.59 Å². The van der Waals surface area contributed by atoms with Crippen molar-refractivity contribution < 1.29 is 14.7 Å². The molecule has 1 saturated carbocycles. The molecule has 1 heterocycles. The molecule has 0 aromatic heterocycles. The highest BCUT2D eigenvalue weighted by molar-refractivity contribution is 5.81. The number of rotatable bonds is 7. The van der Waals surface area contributed by atoms with Gasteiger partial charge >= 0.3 is 0 Å². The molecule has 2 aliphatic rings. The zero-order valence-corrected chi connectivity index (χ0v) is 15.5. The molecule has 0 bridgehead atoms. The van der Waals surface area contributed by atoms with E-state index in [1.165, 1.54) is 0 Å². The molecular weight excluding hydrogens is 328 g/mol. The number of amides is 2. The molecule has 3 rings (SSSR count). The van der Waals surface area contributed by atoms with Crippen LogP contribution in [0.3, 0.4) is 0 Å². The first-order valence-corrected chi connectivity index (χ1v) is 9.53. The average molecular weight is 356 g/mol. The molecule has 1 aromatic carbocycles. The summed E-state index contributed by atoms with van der Waals surface area (Å²) >= 11 is 0. The first-order chi connectivity index (χ1) is 12.6. The van der Waals surface area contributed by atoms with Crippen LogP contribution in [0.2, 0.25) is 0 Å². The lowest BCUT2D eigenvalue weighted by molar-refractivity contribution is -0.150. The third kappa shape index (κ3) is 3.68. The van der Waals surface area contributed by atoms with E-state index in [1.54, 1.807) is 4.90 Å². The molecule has 140 valence electrons. The van der Waals surface area contributed by atoms with Crippen molar-refractivity contribution in [1.29, 1.82) is 0 Å². The van der Waals surface area contributed by atoms with E-state index in [1.807, 2.05) is 38.1 Å². The minimum atomic E-state index is -0.224. The molecule has 1 aliphatic heterocycles.